The number of carbonyl (C=O) groups excluding carboxylic acids is 1. The quantitative estimate of drug-likeness (QED) is 0.853. The lowest BCUT2D eigenvalue weighted by molar-refractivity contribution is 0.0217. The van der Waals surface area contributed by atoms with E-state index in [2.05, 4.69) is 34.3 Å². The molecule has 2 aromatic rings. The fourth-order valence-electron chi connectivity index (χ4n) is 3.63. The fraction of sp³-hybridized carbons (Fsp3) is 0.444. The molecule has 1 saturated heterocycles. The first-order valence-electron chi connectivity index (χ1n) is 8.16. The van der Waals surface area contributed by atoms with E-state index in [1.165, 1.54) is 11.1 Å². The monoisotopic (exact) mass is 311 g/mol. The number of aryl methyl sites for hydroxylation is 2. The van der Waals surface area contributed by atoms with Crippen LogP contribution in [-0.4, -0.2) is 46.5 Å². The van der Waals surface area contributed by atoms with Crippen molar-refractivity contribution in [1.29, 1.82) is 0 Å². The van der Waals surface area contributed by atoms with Crippen LogP contribution < -0.4 is 0 Å². The minimum absolute atomic E-state index is 0.0508. The number of likely N-dealkylation sites (tertiary alicyclic amines) is 1. The normalized spacial score (nSPS) is 18.6. The van der Waals surface area contributed by atoms with Crippen LogP contribution in [0, 0.1) is 13.8 Å². The molecular weight excluding hydrogens is 290 g/mol. The molecule has 1 aromatic carbocycles. The van der Waals surface area contributed by atoms with Crippen molar-refractivity contribution in [2.45, 2.75) is 32.9 Å². The molecule has 4 rings (SSSR count). The smallest absolute Gasteiger partial charge is 0.259 e. The first-order chi connectivity index (χ1) is 11.1. The summed E-state index contributed by atoms with van der Waals surface area (Å²) in [5.41, 5.74) is 4.20. The number of fused-ring (bicyclic) bond motifs is 1. The molecule has 0 saturated carbocycles. The molecule has 1 amide bonds. The van der Waals surface area contributed by atoms with E-state index in [0.717, 1.165) is 32.6 Å². The van der Waals surface area contributed by atoms with Crippen molar-refractivity contribution >= 4 is 5.91 Å². The van der Waals surface area contributed by atoms with Crippen molar-refractivity contribution in [3.63, 3.8) is 0 Å². The molecule has 0 bridgehead atoms. The largest absolute Gasteiger partial charge is 0.361 e. The highest BCUT2D eigenvalue weighted by molar-refractivity contribution is 5.96. The van der Waals surface area contributed by atoms with E-state index in [1.54, 1.807) is 6.92 Å². The molecule has 5 nitrogen and oxygen atoms in total. The number of aromatic nitrogens is 1. The second-order valence-electron chi connectivity index (χ2n) is 6.55. The zero-order chi connectivity index (χ0) is 16.0. The Kier molecular flexibility index (Phi) is 3.45. The van der Waals surface area contributed by atoms with Gasteiger partial charge in [0.25, 0.3) is 5.91 Å². The van der Waals surface area contributed by atoms with Gasteiger partial charge in [-0.1, -0.05) is 29.4 Å². The highest BCUT2D eigenvalue weighted by atomic mass is 16.5. The third kappa shape index (κ3) is 2.45. The van der Waals surface area contributed by atoms with Crippen molar-refractivity contribution in [1.82, 2.24) is 15.0 Å². The fourth-order valence-corrected chi connectivity index (χ4v) is 3.63. The van der Waals surface area contributed by atoms with Crippen LogP contribution in [-0.2, 0) is 13.0 Å². The molecule has 0 unspecified atom stereocenters. The molecular formula is C18H21N3O2. The highest BCUT2D eigenvalue weighted by Crippen LogP contribution is 2.26. The number of rotatable bonds is 2. The second-order valence-corrected chi connectivity index (χ2v) is 6.55. The number of carbonyl (C=O) groups is 1. The Morgan fingerprint density at radius 1 is 1.22 bits per heavy atom. The van der Waals surface area contributed by atoms with Crippen LogP contribution in [0.4, 0.5) is 0 Å². The third-order valence-corrected chi connectivity index (χ3v) is 5.07. The molecule has 0 N–H and O–H groups in total. The molecule has 0 radical (unpaired) electrons. The van der Waals surface area contributed by atoms with Crippen LogP contribution in [0.15, 0.2) is 28.8 Å². The predicted molar refractivity (Wildman–Crippen MR) is 86.2 cm³/mol. The first kappa shape index (κ1) is 14.5. The minimum atomic E-state index is 0.0508. The lowest BCUT2D eigenvalue weighted by Gasteiger charge is -2.46. The van der Waals surface area contributed by atoms with Gasteiger partial charge in [0.2, 0.25) is 0 Å². The van der Waals surface area contributed by atoms with Crippen LogP contribution >= 0.6 is 0 Å². The molecule has 0 spiro atoms. The molecule has 2 aliphatic rings. The Hall–Kier alpha value is -2.14. The topological polar surface area (TPSA) is 49.6 Å². The van der Waals surface area contributed by atoms with Gasteiger partial charge in [0.1, 0.15) is 11.3 Å². The van der Waals surface area contributed by atoms with Crippen molar-refractivity contribution < 1.29 is 9.32 Å². The van der Waals surface area contributed by atoms with Gasteiger partial charge in [0.05, 0.1) is 5.69 Å². The third-order valence-electron chi connectivity index (χ3n) is 5.07. The standard InChI is InChI=1S/C18H21N3O2/c1-12-17(13(2)23-19-12)18(22)21-10-16(11-21)20-8-7-14-5-3-4-6-15(14)9-20/h3-6,16H,7-11H2,1-2H3. The summed E-state index contributed by atoms with van der Waals surface area (Å²) in [6.45, 7) is 7.29. The number of amides is 1. The van der Waals surface area contributed by atoms with Crippen LogP contribution in [0.2, 0.25) is 0 Å². The average molecular weight is 311 g/mol. The van der Waals surface area contributed by atoms with Gasteiger partial charge in [-0.25, -0.2) is 0 Å². The zero-order valence-corrected chi connectivity index (χ0v) is 13.6. The summed E-state index contributed by atoms with van der Waals surface area (Å²) in [5, 5.41) is 3.88. The zero-order valence-electron chi connectivity index (χ0n) is 13.6. The van der Waals surface area contributed by atoms with Gasteiger partial charge in [0, 0.05) is 32.2 Å². The SMILES string of the molecule is Cc1noc(C)c1C(=O)N1CC(N2CCc3ccccc3C2)C1. The first-order valence-corrected chi connectivity index (χ1v) is 8.16. The van der Waals surface area contributed by atoms with Crippen molar-refractivity contribution in [2.24, 2.45) is 0 Å². The van der Waals surface area contributed by atoms with Gasteiger partial charge >= 0.3 is 0 Å². The summed E-state index contributed by atoms with van der Waals surface area (Å²) in [5.74, 6) is 0.665. The molecule has 1 fully saturated rings. The summed E-state index contributed by atoms with van der Waals surface area (Å²) in [4.78, 5) is 17.0. The average Bonchev–Trinajstić information content (AvgIpc) is 2.84. The maximum absolute atomic E-state index is 12.6. The summed E-state index contributed by atoms with van der Waals surface area (Å²) in [6, 6.07) is 9.12. The maximum Gasteiger partial charge on any atom is 0.259 e. The van der Waals surface area contributed by atoms with Gasteiger partial charge in [-0.3, -0.25) is 9.69 Å². The van der Waals surface area contributed by atoms with Crippen molar-refractivity contribution in [3.8, 4) is 0 Å². The Bertz CT molecular complexity index is 727. The van der Waals surface area contributed by atoms with Gasteiger partial charge in [0.15, 0.2) is 0 Å². The molecule has 5 heteroatoms. The minimum Gasteiger partial charge on any atom is -0.361 e. The molecule has 3 heterocycles. The number of hydrogen-bond donors (Lipinski definition) is 0. The second kappa shape index (κ2) is 5.49. The van der Waals surface area contributed by atoms with Gasteiger partial charge < -0.3 is 9.42 Å². The summed E-state index contributed by atoms with van der Waals surface area (Å²) < 4.78 is 5.11. The lowest BCUT2D eigenvalue weighted by atomic mass is 9.96. The highest BCUT2D eigenvalue weighted by Gasteiger charge is 2.37. The Morgan fingerprint density at radius 2 is 1.96 bits per heavy atom. The van der Waals surface area contributed by atoms with Crippen LogP contribution in [0.3, 0.4) is 0 Å². The van der Waals surface area contributed by atoms with E-state index in [9.17, 15) is 4.79 Å². The van der Waals surface area contributed by atoms with Gasteiger partial charge in [-0.2, -0.15) is 0 Å². The number of nitrogens with zero attached hydrogens (tertiary/aromatic N) is 3. The Balaban J connectivity index is 1.40. The van der Waals surface area contributed by atoms with E-state index in [-0.39, 0.29) is 5.91 Å². The number of hydrogen-bond acceptors (Lipinski definition) is 4. The summed E-state index contributed by atoms with van der Waals surface area (Å²) in [7, 11) is 0. The number of benzene rings is 1. The van der Waals surface area contributed by atoms with Gasteiger partial charge in [-0.05, 0) is 31.4 Å². The lowest BCUT2D eigenvalue weighted by Crippen LogP contribution is -2.61. The molecule has 120 valence electrons. The Morgan fingerprint density at radius 3 is 2.65 bits per heavy atom. The molecule has 23 heavy (non-hydrogen) atoms. The van der Waals surface area contributed by atoms with Gasteiger partial charge in [-0.15, -0.1) is 0 Å². The van der Waals surface area contributed by atoms with Crippen LogP contribution in [0.25, 0.3) is 0 Å². The van der Waals surface area contributed by atoms with E-state index in [4.69, 9.17) is 4.52 Å². The van der Waals surface area contributed by atoms with Crippen molar-refractivity contribution in [2.75, 3.05) is 19.6 Å². The maximum atomic E-state index is 12.6. The van der Waals surface area contributed by atoms with E-state index in [1.807, 2.05) is 11.8 Å². The van der Waals surface area contributed by atoms with E-state index in [0.29, 0.717) is 23.1 Å². The summed E-state index contributed by atoms with van der Waals surface area (Å²) in [6.07, 6.45) is 1.10. The van der Waals surface area contributed by atoms with Crippen LogP contribution in [0.5, 0.6) is 0 Å². The van der Waals surface area contributed by atoms with E-state index >= 15 is 0 Å². The molecule has 1 aromatic heterocycles. The summed E-state index contributed by atoms with van der Waals surface area (Å²) >= 11 is 0. The van der Waals surface area contributed by atoms with Crippen molar-refractivity contribution in [3.05, 3.63) is 52.4 Å². The Labute approximate surface area is 135 Å². The van der Waals surface area contributed by atoms with E-state index < -0.39 is 0 Å². The molecule has 2 aliphatic heterocycles. The van der Waals surface area contributed by atoms with Crippen LogP contribution in [0.1, 0.15) is 32.9 Å². The molecule has 0 aliphatic carbocycles. The molecule has 0 atom stereocenters. The predicted octanol–water partition coefficient (Wildman–Crippen LogP) is 2.17.